The van der Waals surface area contributed by atoms with Gasteiger partial charge in [-0.05, 0) is 122 Å². The molecule has 0 aliphatic carbocycles. The minimum Gasteiger partial charge on any atom is -0.462 e. The molecule has 6 heteroatoms. The smallest absolute Gasteiger partial charge is 0.306 e. The molecule has 66 heavy (non-hydrogen) atoms. The highest BCUT2D eigenvalue weighted by Gasteiger charge is 2.19. The van der Waals surface area contributed by atoms with Crippen LogP contribution in [0.4, 0.5) is 0 Å². The van der Waals surface area contributed by atoms with Crippen LogP contribution in [0.1, 0.15) is 194 Å². The Labute approximate surface area is 404 Å². The van der Waals surface area contributed by atoms with Gasteiger partial charge in [-0.15, -0.1) is 0 Å². The van der Waals surface area contributed by atoms with Crippen molar-refractivity contribution in [2.45, 2.75) is 200 Å². The molecule has 1 atom stereocenters. The van der Waals surface area contributed by atoms with Gasteiger partial charge in [-0.1, -0.05) is 199 Å². The van der Waals surface area contributed by atoms with Gasteiger partial charge < -0.3 is 14.2 Å². The van der Waals surface area contributed by atoms with Crippen molar-refractivity contribution < 1.29 is 28.6 Å². The summed E-state index contributed by atoms with van der Waals surface area (Å²) in [6.07, 6.45) is 75.6. The zero-order valence-electron chi connectivity index (χ0n) is 41.9. The largest absolute Gasteiger partial charge is 0.462 e. The molecule has 0 saturated heterocycles. The summed E-state index contributed by atoms with van der Waals surface area (Å²) in [5, 5.41) is 0. The van der Waals surface area contributed by atoms with E-state index in [0.29, 0.717) is 19.3 Å². The number of carbonyl (C=O) groups excluding carboxylic acids is 3. The molecule has 0 saturated carbocycles. The van der Waals surface area contributed by atoms with Gasteiger partial charge in [0.2, 0.25) is 0 Å². The van der Waals surface area contributed by atoms with Gasteiger partial charge in [-0.3, -0.25) is 14.4 Å². The van der Waals surface area contributed by atoms with Gasteiger partial charge in [-0.25, -0.2) is 0 Å². The van der Waals surface area contributed by atoms with Crippen LogP contribution in [0.2, 0.25) is 0 Å². The Hall–Kier alpha value is -4.71. The number of esters is 3. The van der Waals surface area contributed by atoms with Crippen molar-refractivity contribution in [2.24, 2.45) is 0 Å². The molecule has 0 unspecified atom stereocenters. The molecule has 0 aliphatic rings. The summed E-state index contributed by atoms with van der Waals surface area (Å²) in [5.74, 6) is -1.09. The molecular formula is C60H92O6. The molecule has 0 N–H and O–H groups in total. The van der Waals surface area contributed by atoms with Gasteiger partial charge in [0.15, 0.2) is 6.10 Å². The van der Waals surface area contributed by atoms with Gasteiger partial charge >= 0.3 is 17.9 Å². The van der Waals surface area contributed by atoms with Gasteiger partial charge in [-0.2, -0.15) is 0 Å². The fourth-order valence-corrected chi connectivity index (χ4v) is 6.24. The predicted octanol–water partition coefficient (Wildman–Crippen LogP) is 17.3. The number of ether oxygens (including phenoxy) is 3. The Morgan fingerprint density at radius 2 is 0.621 bits per heavy atom. The topological polar surface area (TPSA) is 78.9 Å². The van der Waals surface area contributed by atoms with E-state index >= 15 is 0 Å². The number of hydrogen-bond donors (Lipinski definition) is 0. The zero-order chi connectivity index (χ0) is 47.9. The number of rotatable bonds is 44. The normalized spacial score (nSPS) is 13.3. The van der Waals surface area contributed by atoms with Crippen LogP contribution in [-0.4, -0.2) is 37.2 Å². The first-order chi connectivity index (χ1) is 32.5. The maximum atomic E-state index is 12.8. The Kier molecular flexibility index (Phi) is 49.1. The first kappa shape index (κ1) is 61.3. The Bertz CT molecular complexity index is 1510. The lowest BCUT2D eigenvalue weighted by molar-refractivity contribution is -0.166. The molecule has 0 aromatic carbocycles. The first-order valence-electron chi connectivity index (χ1n) is 25.8. The van der Waals surface area contributed by atoms with Crippen LogP contribution in [0, 0.1) is 0 Å². The van der Waals surface area contributed by atoms with Crippen LogP contribution in [0.3, 0.4) is 0 Å². The Morgan fingerprint density at radius 3 is 1.05 bits per heavy atom. The molecule has 6 nitrogen and oxygen atoms in total. The van der Waals surface area contributed by atoms with Crippen molar-refractivity contribution in [3.8, 4) is 0 Å². The van der Waals surface area contributed by atoms with Crippen molar-refractivity contribution >= 4 is 17.9 Å². The van der Waals surface area contributed by atoms with Gasteiger partial charge in [0.05, 0.1) is 0 Å². The zero-order valence-corrected chi connectivity index (χ0v) is 41.9. The van der Waals surface area contributed by atoms with E-state index in [1.54, 1.807) is 0 Å². The molecule has 0 aliphatic heterocycles. The average Bonchev–Trinajstić information content (AvgIpc) is 3.31. The van der Waals surface area contributed by atoms with Gasteiger partial charge in [0.25, 0.3) is 0 Å². The summed E-state index contributed by atoms with van der Waals surface area (Å²) in [6.45, 7) is 6.23. The lowest BCUT2D eigenvalue weighted by atomic mass is 10.1. The number of hydrogen-bond acceptors (Lipinski definition) is 6. The minimum atomic E-state index is -0.842. The molecule has 0 amide bonds. The fourth-order valence-electron chi connectivity index (χ4n) is 6.24. The van der Waals surface area contributed by atoms with E-state index in [9.17, 15) is 14.4 Å². The van der Waals surface area contributed by atoms with Crippen molar-refractivity contribution in [1.82, 2.24) is 0 Å². The van der Waals surface area contributed by atoms with Crippen molar-refractivity contribution in [3.63, 3.8) is 0 Å². The molecule has 368 valence electrons. The predicted molar refractivity (Wildman–Crippen MR) is 283 cm³/mol. The van der Waals surface area contributed by atoms with E-state index in [1.807, 2.05) is 12.2 Å². The third-order valence-corrected chi connectivity index (χ3v) is 10.1. The summed E-state index contributed by atoms with van der Waals surface area (Å²) in [4.78, 5) is 38.0. The van der Waals surface area contributed by atoms with Crippen LogP contribution in [-0.2, 0) is 28.6 Å². The highest BCUT2D eigenvalue weighted by atomic mass is 16.6. The second kappa shape index (κ2) is 52.9. The minimum absolute atomic E-state index is 0.132. The lowest BCUT2D eigenvalue weighted by Gasteiger charge is -2.18. The number of unbranched alkanes of at least 4 members (excludes halogenated alkanes) is 9. The van der Waals surface area contributed by atoms with E-state index in [1.165, 1.54) is 19.3 Å². The molecule has 0 aromatic heterocycles. The first-order valence-corrected chi connectivity index (χ1v) is 25.8. The second-order valence-electron chi connectivity index (χ2n) is 16.3. The van der Waals surface area contributed by atoms with Crippen molar-refractivity contribution in [3.05, 3.63) is 146 Å². The number of carbonyl (C=O) groups is 3. The van der Waals surface area contributed by atoms with E-state index in [-0.39, 0.29) is 44.0 Å². The van der Waals surface area contributed by atoms with E-state index in [0.717, 1.165) is 122 Å². The highest BCUT2D eigenvalue weighted by molar-refractivity contribution is 5.71. The SMILES string of the molecule is CC/C=C\C/C=C\C/C=C\C/C=C\C/C=C\C/C=C\CCC(=O)OC[C@@H](COC(=O)CCCCCCC/C=C\C/C=C\CCCC)OC(=O)CCCC/C=C\C/C=C\C/C=C\C/C=C\CC. The molecule has 0 fully saturated rings. The Morgan fingerprint density at radius 1 is 0.318 bits per heavy atom. The average molecular weight is 909 g/mol. The fraction of sp³-hybridized carbons (Fsp3) is 0.550. The van der Waals surface area contributed by atoms with Gasteiger partial charge in [0.1, 0.15) is 13.2 Å². The van der Waals surface area contributed by atoms with Crippen molar-refractivity contribution in [1.29, 1.82) is 0 Å². The van der Waals surface area contributed by atoms with Crippen LogP contribution < -0.4 is 0 Å². The van der Waals surface area contributed by atoms with Gasteiger partial charge in [0, 0.05) is 19.3 Å². The summed E-state index contributed by atoms with van der Waals surface area (Å²) in [6, 6.07) is 0. The monoisotopic (exact) mass is 909 g/mol. The third-order valence-electron chi connectivity index (χ3n) is 10.1. The highest BCUT2D eigenvalue weighted by Crippen LogP contribution is 2.11. The molecule has 0 radical (unpaired) electrons. The number of allylic oxidation sites excluding steroid dienone is 24. The molecular weight excluding hydrogens is 817 g/mol. The lowest BCUT2D eigenvalue weighted by Crippen LogP contribution is -2.30. The van der Waals surface area contributed by atoms with E-state index in [2.05, 4.69) is 154 Å². The maximum absolute atomic E-state index is 12.8. The van der Waals surface area contributed by atoms with E-state index in [4.69, 9.17) is 14.2 Å². The summed E-state index contributed by atoms with van der Waals surface area (Å²) in [5.41, 5.74) is 0. The van der Waals surface area contributed by atoms with Crippen LogP contribution >= 0.6 is 0 Å². The molecule has 0 heterocycles. The molecule has 0 spiro atoms. The summed E-state index contributed by atoms with van der Waals surface area (Å²) in [7, 11) is 0. The summed E-state index contributed by atoms with van der Waals surface area (Å²) < 4.78 is 16.7. The second-order valence-corrected chi connectivity index (χ2v) is 16.3. The van der Waals surface area contributed by atoms with E-state index < -0.39 is 6.10 Å². The van der Waals surface area contributed by atoms with Crippen LogP contribution in [0.25, 0.3) is 0 Å². The molecule has 0 aromatic rings. The maximum Gasteiger partial charge on any atom is 0.306 e. The summed E-state index contributed by atoms with van der Waals surface area (Å²) >= 11 is 0. The quantitative estimate of drug-likeness (QED) is 0.0262. The Balaban J connectivity index is 4.62. The van der Waals surface area contributed by atoms with Crippen molar-refractivity contribution in [2.75, 3.05) is 13.2 Å². The molecule has 0 rings (SSSR count). The standard InChI is InChI=1S/C60H92O6/c1-4-7-10-13-16-19-22-25-28-29-30-31-33-35-38-41-44-47-50-53-59(62)65-56-57(55-64-58(61)52-49-46-43-40-37-34-27-24-21-18-15-12-9-6-3)66-60(63)54-51-48-45-42-39-36-32-26-23-20-17-14-11-8-5-2/h7-8,10-11,15-20,24-28,30-32,35,38-39,42,44,47,57H,4-6,9,12-14,21-23,29,33-34,36-37,40-41,43,45-46,48-56H2,1-3H3/b10-7-,11-8-,18-15-,19-16-,20-17-,27-24-,28-25-,31-30-,32-26-,38-35-,42-39-,47-44-/t57-/m1/s1. The van der Waals surface area contributed by atoms with Crippen LogP contribution in [0.5, 0.6) is 0 Å². The third kappa shape index (κ3) is 50.3. The van der Waals surface area contributed by atoms with Crippen LogP contribution in [0.15, 0.2) is 146 Å². The molecule has 0 bridgehead atoms.